The number of aliphatic carboxylic acids is 1. The number of fused-ring (bicyclic) bond motifs is 4. The van der Waals surface area contributed by atoms with Gasteiger partial charge in [-0.05, 0) is 43.1 Å². The summed E-state index contributed by atoms with van der Waals surface area (Å²) < 4.78 is 14.0. The third-order valence-corrected chi connectivity index (χ3v) is 6.74. The van der Waals surface area contributed by atoms with Crippen molar-refractivity contribution in [2.45, 2.75) is 32.7 Å². The van der Waals surface area contributed by atoms with E-state index in [2.05, 4.69) is 33.8 Å². The van der Waals surface area contributed by atoms with Gasteiger partial charge >= 0.3 is 0 Å². The maximum absolute atomic E-state index is 13.5. The number of hydrogen-bond acceptors (Lipinski definition) is 6. The van der Waals surface area contributed by atoms with Crippen LogP contribution in [-0.2, 0) is 17.8 Å². The van der Waals surface area contributed by atoms with E-state index in [1.165, 1.54) is 5.56 Å². The van der Waals surface area contributed by atoms with Crippen molar-refractivity contribution in [3.05, 3.63) is 88.3 Å². The lowest BCUT2D eigenvalue weighted by Gasteiger charge is -2.19. The summed E-state index contributed by atoms with van der Waals surface area (Å²) in [4.78, 5) is 30.5. The molecule has 40 heavy (non-hydrogen) atoms. The highest BCUT2D eigenvalue weighted by atomic mass is 16.6. The molecule has 0 atom stereocenters. The minimum atomic E-state index is -0.833. The molecule has 0 bridgehead atoms. The molecule has 0 saturated carbocycles. The van der Waals surface area contributed by atoms with E-state index in [1.807, 2.05) is 42.5 Å². The lowest BCUT2D eigenvalue weighted by Crippen LogP contribution is -2.18. The van der Waals surface area contributed by atoms with Crippen molar-refractivity contribution in [2.75, 3.05) is 19.8 Å². The zero-order valence-electron chi connectivity index (χ0n) is 22.4. The van der Waals surface area contributed by atoms with Crippen molar-refractivity contribution in [3.63, 3.8) is 0 Å². The Morgan fingerprint density at radius 1 is 1.02 bits per heavy atom. The number of carboxylic acid groups (broad SMARTS) is 1. The number of rotatable bonds is 7. The van der Waals surface area contributed by atoms with E-state index in [4.69, 9.17) is 30.1 Å². The highest BCUT2D eigenvalue weighted by molar-refractivity contribution is 5.98. The molecule has 1 aliphatic heterocycles. The van der Waals surface area contributed by atoms with Gasteiger partial charge in [0.1, 0.15) is 24.4 Å². The van der Waals surface area contributed by atoms with Crippen molar-refractivity contribution < 1.29 is 19.4 Å². The first kappa shape index (κ1) is 27.0. The van der Waals surface area contributed by atoms with E-state index in [0.29, 0.717) is 54.4 Å². The highest BCUT2D eigenvalue weighted by Gasteiger charge is 2.24. The average molecular weight is 541 g/mol. The highest BCUT2D eigenvalue weighted by Crippen LogP contribution is 2.39. The second kappa shape index (κ2) is 12.0. The van der Waals surface area contributed by atoms with E-state index in [-0.39, 0.29) is 5.56 Å². The van der Waals surface area contributed by atoms with Crippen LogP contribution in [0, 0.1) is 0 Å². The summed E-state index contributed by atoms with van der Waals surface area (Å²) >= 11 is 0. The topological polar surface area (TPSA) is 132 Å². The number of carboxylic acids is 1. The summed E-state index contributed by atoms with van der Waals surface area (Å²) in [5, 5.41) is 8.43. The Balaban J connectivity index is 0.000000758. The van der Waals surface area contributed by atoms with Crippen molar-refractivity contribution in [1.82, 2.24) is 14.5 Å². The molecule has 0 unspecified atom stereocenters. The van der Waals surface area contributed by atoms with Gasteiger partial charge in [0, 0.05) is 42.0 Å². The predicted molar refractivity (Wildman–Crippen MR) is 155 cm³/mol. The van der Waals surface area contributed by atoms with Crippen LogP contribution in [0.15, 0.2) is 71.5 Å². The number of carbonyl (C=O) groups is 1. The van der Waals surface area contributed by atoms with E-state index >= 15 is 0 Å². The fourth-order valence-corrected chi connectivity index (χ4v) is 5.09. The Bertz CT molecular complexity index is 1700. The molecule has 9 nitrogen and oxygen atoms in total. The van der Waals surface area contributed by atoms with Gasteiger partial charge in [0.05, 0.1) is 5.52 Å². The van der Waals surface area contributed by atoms with Crippen LogP contribution in [0.2, 0.25) is 0 Å². The predicted octanol–water partition coefficient (Wildman–Crippen LogP) is 4.74. The molecule has 4 N–H and O–H groups in total. The lowest BCUT2D eigenvalue weighted by molar-refractivity contribution is -0.134. The molecule has 206 valence electrons. The summed E-state index contributed by atoms with van der Waals surface area (Å²) in [6, 6.07) is 22.2. The number of benzene rings is 3. The summed E-state index contributed by atoms with van der Waals surface area (Å²) in [6.45, 7) is 3.49. The van der Waals surface area contributed by atoms with Gasteiger partial charge in [-0.3, -0.25) is 9.59 Å². The van der Waals surface area contributed by atoms with Crippen molar-refractivity contribution in [2.24, 2.45) is 5.73 Å². The van der Waals surface area contributed by atoms with Crippen LogP contribution in [0.4, 0.5) is 0 Å². The van der Waals surface area contributed by atoms with Gasteiger partial charge < -0.3 is 29.9 Å². The second-order valence-corrected chi connectivity index (χ2v) is 9.57. The van der Waals surface area contributed by atoms with Crippen LogP contribution in [0.5, 0.6) is 11.5 Å². The van der Waals surface area contributed by atoms with Crippen LogP contribution in [0.1, 0.15) is 31.0 Å². The number of aromatic nitrogens is 3. The molecule has 5 aromatic rings. The van der Waals surface area contributed by atoms with Crippen LogP contribution in [-0.4, -0.2) is 45.4 Å². The fraction of sp³-hybridized carbons (Fsp3) is 0.258. The van der Waals surface area contributed by atoms with Crippen LogP contribution < -0.4 is 20.8 Å². The van der Waals surface area contributed by atoms with Gasteiger partial charge in [-0.1, -0.05) is 48.5 Å². The van der Waals surface area contributed by atoms with E-state index in [1.54, 1.807) is 0 Å². The van der Waals surface area contributed by atoms with Crippen LogP contribution in [0.25, 0.3) is 33.2 Å². The molecule has 6 rings (SSSR count). The van der Waals surface area contributed by atoms with E-state index in [9.17, 15) is 4.79 Å². The van der Waals surface area contributed by atoms with Crippen LogP contribution >= 0.6 is 0 Å². The summed E-state index contributed by atoms with van der Waals surface area (Å²) in [7, 11) is 0. The molecule has 0 radical (unpaired) electrons. The molecule has 0 spiro atoms. The number of nitrogens with two attached hydrogens (primary N) is 1. The summed E-state index contributed by atoms with van der Waals surface area (Å²) in [5.74, 6) is 0.389. The van der Waals surface area contributed by atoms with Gasteiger partial charge in [0.2, 0.25) is 0 Å². The van der Waals surface area contributed by atoms with Gasteiger partial charge in [-0.2, -0.15) is 0 Å². The Kier molecular flexibility index (Phi) is 8.12. The van der Waals surface area contributed by atoms with E-state index < -0.39 is 5.97 Å². The average Bonchev–Trinajstić information content (AvgIpc) is 3.25. The summed E-state index contributed by atoms with van der Waals surface area (Å²) in [6.07, 6.45) is 2.57. The Morgan fingerprint density at radius 3 is 2.52 bits per heavy atom. The minimum Gasteiger partial charge on any atom is -0.486 e. The Morgan fingerprint density at radius 2 is 1.75 bits per heavy atom. The largest absolute Gasteiger partial charge is 0.486 e. The number of ether oxygens (including phenoxy) is 2. The maximum atomic E-state index is 13.5. The SMILES string of the molecule is CC(=O)O.NCCCCn1c(Cc2ccccc2)c(-c2nc3c4c(ccc3[nH]c2=O)OCCO4)c2ccccc21. The lowest BCUT2D eigenvalue weighted by atomic mass is 10.0. The quantitative estimate of drug-likeness (QED) is 0.254. The molecule has 0 saturated heterocycles. The first-order chi connectivity index (χ1) is 19.5. The van der Waals surface area contributed by atoms with Gasteiger partial charge in [-0.25, -0.2) is 4.98 Å². The number of aromatic amines is 1. The molecule has 3 aromatic carbocycles. The van der Waals surface area contributed by atoms with E-state index in [0.717, 1.165) is 48.5 Å². The first-order valence-electron chi connectivity index (χ1n) is 13.3. The number of hydrogen-bond donors (Lipinski definition) is 3. The molecular weight excluding hydrogens is 508 g/mol. The smallest absolute Gasteiger partial charge is 0.300 e. The minimum absolute atomic E-state index is 0.224. The van der Waals surface area contributed by atoms with Crippen molar-refractivity contribution in [3.8, 4) is 22.8 Å². The maximum Gasteiger partial charge on any atom is 0.300 e. The molecule has 0 fully saturated rings. The third kappa shape index (κ3) is 5.55. The number of H-pyrrole nitrogens is 1. The molecule has 0 aliphatic carbocycles. The monoisotopic (exact) mass is 540 g/mol. The normalized spacial score (nSPS) is 12.2. The number of para-hydroxylation sites is 1. The molecule has 0 amide bonds. The zero-order valence-corrected chi connectivity index (χ0v) is 22.4. The Labute approximate surface area is 231 Å². The number of unbranched alkanes of at least 4 members (excludes halogenated alkanes) is 1. The molecular formula is C31H32N4O5. The molecule has 1 aliphatic rings. The third-order valence-electron chi connectivity index (χ3n) is 6.74. The van der Waals surface area contributed by atoms with Crippen molar-refractivity contribution >= 4 is 27.9 Å². The fourth-order valence-electron chi connectivity index (χ4n) is 5.09. The molecule has 2 aromatic heterocycles. The molecule has 9 heteroatoms. The molecule has 3 heterocycles. The van der Waals surface area contributed by atoms with Gasteiger partial charge in [-0.15, -0.1) is 0 Å². The second-order valence-electron chi connectivity index (χ2n) is 9.57. The standard InChI is InChI=1S/C29H28N4O3.C2H4O2/c30-14-6-7-15-33-22-11-5-4-10-20(22)25(23(33)18-19-8-2-1-3-9-19)27-29(34)31-21-12-13-24-28(26(21)32-27)36-17-16-35-24;1-2(3)4/h1-5,8-13H,6-7,14-18,30H2,(H,31,34);1H3,(H,3,4). The first-order valence-corrected chi connectivity index (χ1v) is 13.3. The van der Waals surface area contributed by atoms with Gasteiger partial charge in [0.15, 0.2) is 11.5 Å². The Hall–Kier alpha value is -4.63. The summed E-state index contributed by atoms with van der Waals surface area (Å²) in [5.41, 5.74) is 11.4. The van der Waals surface area contributed by atoms with Crippen LogP contribution in [0.3, 0.4) is 0 Å². The zero-order chi connectivity index (χ0) is 28.1. The number of nitrogens with one attached hydrogen (secondary N) is 1. The van der Waals surface area contributed by atoms with Gasteiger partial charge in [0.25, 0.3) is 11.5 Å². The van der Waals surface area contributed by atoms with Crippen molar-refractivity contribution in [1.29, 1.82) is 0 Å². The number of nitrogens with zero attached hydrogens (tertiary/aromatic N) is 2. The number of aryl methyl sites for hydroxylation is 1.